The molecule has 150 valence electrons. The van der Waals surface area contributed by atoms with E-state index in [1.165, 1.54) is 18.5 Å². The summed E-state index contributed by atoms with van der Waals surface area (Å²) < 4.78 is 40.6. The maximum Gasteiger partial charge on any atom is 0.257 e. The number of pyridine rings is 1. The summed E-state index contributed by atoms with van der Waals surface area (Å²) >= 11 is 0. The number of aromatic nitrogens is 3. The van der Waals surface area contributed by atoms with Crippen molar-refractivity contribution in [3.8, 4) is 11.3 Å². The van der Waals surface area contributed by atoms with Crippen molar-refractivity contribution in [3.63, 3.8) is 0 Å². The van der Waals surface area contributed by atoms with Crippen molar-refractivity contribution < 1.29 is 17.6 Å². The van der Waals surface area contributed by atoms with E-state index in [0.29, 0.717) is 40.6 Å². The van der Waals surface area contributed by atoms with E-state index in [1.54, 1.807) is 19.1 Å². The lowest BCUT2D eigenvalue weighted by Gasteiger charge is -2.11. The quantitative estimate of drug-likeness (QED) is 0.693. The van der Waals surface area contributed by atoms with Crippen LogP contribution in [-0.4, -0.2) is 39.8 Å². The molecule has 2 fully saturated rings. The molecule has 0 atom stereocenters. The average molecular weight is 414 g/mol. The summed E-state index contributed by atoms with van der Waals surface area (Å²) in [7, 11) is -3.51. The van der Waals surface area contributed by atoms with Crippen LogP contribution in [0.4, 0.5) is 4.39 Å². The summed E-state index contributed by atoms with van der Waals surface area (Å²) in [5.74, 6) is -0.797. The fourth-order valence-electron chi connectivity index (χ4n) is 3.33. The van der Waals surface area contributed by atoms with E-state index in [2.05, 4.69) is 15.4 Å². The predicted molar refractivity (Wildman–Crippen MR) is 105 cm³/mol. The van der Waals surface area contributed by atoms with Gasteiger partial charge in [0, 0.05) is 22.6 Å². The highest BCUT2D eigenvalue weighted by Gasteiger charge is 2.38. The molecule has 0 unspecified atom stereocenters. The molecule has 5 rings (SSSR count). The van der Waals surface area contributed by atoms with Gasteiger partial charge >= 0.3 is 0 Å². The zero-order valence-electron chi connectivity index (χ0n) is 15.7. The molecule has 3 aromatic rings. The standard InChI is InChI=1S/C20H19FN4O3S/c1-11-16(6-12(7-17(11)21)20(26)24-14-2-3-14)18-8-13-9-23-25(19(13)10-22-18)29(27,28)15-4-5-15/h6-10,14-15H,2-5H2,1H3,(H,24,26). The minimum atomic E-state index is -3.51. The summed E-state index contributed by atoms with van der Waals surface area (Å²) in [5.41, 5.74) is 1.95. The SMILES string of the molecule is Cc1c(F)cc(C(=O)NC2CC2)cc1-c1cc2cnn(S(=O)(=O)C3CC3)c2cn1. The zero-order valence-corrected chi connectivity index (χ0v) is 16.5. The lowest BCUT2D eigenvalue weighted by molar-refractivity contribution is 0.0950. The van der Waals surface area contributed by atoms with Crippen LogP contribution >= 0.6 is 0 Å². The molecule has 2 aromatic heterocycles. The van der Waals surface area contributed by atoms with Crippen molar-refractivity contribution in [1.82, 2.24) is 19.5 Å². The maximum absolute atomic E-state index is 14.5. The summed E-state index contributed by atoms with van der Waals surface area (Å²) in [6, 6.07) is 4.69. The van der Waals surface area contributed by atoms with E-state index in [4.69, 9.17) is 0 Å². The van der Waals surface area contributed by atoms with Crippen molar-refractivity contribution in [2.75, 3.05) is 0 Å². The number of halogens is 1. The summed E-state index contributed by atoms with van der Waals surface area (Å²) in [6.07, 6.45) is 6.08. The molecular formula is C20H19FN4O3S. The average Bonchev–Trinajstić information content (AvgIpc) is 3.61. The third-order valence-electron chi connectivity index (χ3n) is 5.40. The third kappa shape index (κ3) is 3.19. The first-order valence-electron chi connectivity index (χ1n) is 9.54. The molecule has 1 amide bonds. The van der Waals surface area contributed by atoms with E-state index < -0.39 is 15.8 Å². The number of rotatable bonds is 5. The van der Waals surface area contributed by atoms with Crippen molar-refractivity contribution in [2.24, 2.45) is 0 Å². The molecule has 9 heteroatoms. The van der Waals surface area contributed by atoms with Gasteiger partial charge in [0.15, 0.2) is 0 Å². The number of nitrogens with zero attached hydrogens (tertiary/aromatic N) is 3. The van der Waals surface area contributed by atoms with E-state index in [9.17, 15) is 17.6 Å². The van der Waals surface area contributed by atoms with E-state index in [-0.39, 0.29) is 22.8 Å². The van der Waals surface area contributed by atoms with Gasteiger partial charge in [-0.25, -0.2) is 12.8 Å². The molecule has 2 aliphatic carbocycles. The fourth-order valence-corrected chi connectivity index (χ4v) is 4.95. The number of nitrogens with one attached hydrogen (secondary N) is 1. The van der Waals surface area contributed by atoms with Crippen LogP contribution in [0.2, 0.25) is 0 Å². The van der Waals surface area contributed by atoms with Crippen LogP contribution in [0.5, 0.6) is 0 Å². The molecule has 2 saturated carbocycles. The second kappa shape index (κ2) is 6.35. The summed E-state index contributed by atoms with van der Waals surface area (Å²) in [5, 5.41) is 7.10. The Hall–Kier alpha value is -2.81. The molecule has 7 nitrogen and oxygen atoms in total. The second-order valence-electron chi connectivity index (χ2n) is 7.74. The van der Waals surface area contributed by atoms with Gasteiger partial charge in [-0.2, -0.15) is 9.19 Å². The van der Waals surface area contributed by atoms with E-state index in [0.717, 1.165) is 16.9 Å². The molecule has 29 heavy (non-hydrogen) atoms. The van der Waals surface area contributed by atoms with Crippen molar-refractivity contribution in [3.05, 3.63) is 47.5 Å². The number of amides is 1. The van der Waals surface area contributed by atoms with Gasteiger partial charge in [0.2, 0.25) is 0 Å². The molecule has 0 radical (unpaired) electrons. The highest BCUT2D eigenvalue weighted by molar-refractivity contribution is 7.90. The monoisotopic (exact) mass is 414 g/mol. The first kappa shape index (κ1) is 18.2. The second-order valence-corrected chi connectivity index (χ2v) is 9.78. The molecule has 0 bridgehead atoms. The van der Waals surface area contributed by atoms with Gasteiger partial charge < -0.3 is 5.32 Å². The van der Waals surface area contributed by atoms with E-state index >= 15 is 0 Å². The Bertz CT molecular complexity index is 1260. The number of benzene rings is 1. The molecule has 0 aliphatic heterocycles. The highest BCUT2D eigenvalue weighted by Crippen LogP contribution is 2.33. The van der Waals surface area contributed by atoms with Gasteiger partial charge in [0.25, 0.3) is 15.9 Å². The van der Waals surface area contributed by atoms with Crippen molar-refractivity contribution in [1.29, 1.82) is 0 Å². The largest absolute Gasteiger partial charge is 0.349 e. The Morgan fingerprint density at radius 3 is 2.62 bits per heavy atom. The third-order valence-corrected chi connectivity index (χ3v) is 7.49. The number of fused-ring (bicyclic) bond motifs is 1. The van der Waals surface area contributed by atoms with Gasteiger partial charge in [0.1, 0.15) is 11.3 Å². The Balaban J connectivity index is 1.56. The van der Waals surface area contributed by atoms with Crippen molar-refractivity contribution in [2.45, 2.75) is 43.9 Å². The summed E-state index contributed by atoms with van der Waals surface area (Å²) in [4.78, 5) is 16.7. The zero-order chi connectivity index (χ0) is 20.3. The normalized spacial score (nSPS) is 16.9. The van der Waals surface area contributed by atoms with Gasteiger partial charge in [-0.05, 0) is 56.4 Å². The minimum Gasteiger partial charge on any atom is -0.349 e. The number of carbonyl (C=O) groups is 1. The molecule has 0 saturated heterocycles. The Labute approximate surface area is 167 Å². The van der Waals surface area contributed by atoms with Gasteiger partial charge in [-0.1, -0.05) is 0 Å². The van der Waals surface area contributed by atoms with Crippen LogP contribution in [0.3, 0.4) is 0 Å². The first-order chi connectivity index (χ1) is 13.8. The van der Waals surface area contributed by atoms with Crippen molar-refractivity contribution >= 4 is 26.8 Å². The molecule has 0 spiro atoms. The molecule has 2 aliphatic rings. The maximum atomic E-state index is 14.5. The summed E-state index contributed by atoms with van der Waals surface area (Å²) in [6.45, 7) is 1.63. The predicted octanol–water partition coefficient (Wildman–Crippen LogP) is 2.78. The molecule has 1 N–H and O–H groups in total. The Morgan fingerprint density at radius 1 is 1.17 bits per heavy atom. The van der Waals surface area contributed by atoms with Crippen LogP contribution in [-0.2, 0) is 10.0 Å². The fraction of sp³-hybridized carbons (Fsp3) is 0.350. The first-order valence-corrected chi connectivity index (χ1v) is 11.0. The highest BCUT2D eigenvalue weighted by atomic mass is 32.2. The number of hydrogen-bond donors (Lipinski definition) is 1. The minimum absolute atomic E-state index is 0.170. The topological polar surface area (TPSA) is 94.0 Å². The Kier molecular flexibility index (Phi) is 3.99. The lowest BCUT2D eigenvalue weighted by atomic mass is 10.00. The smallest absolute Gasteiger partial charge is 0.257 e. The van der Waals surface area contributed by atoms with Gasteiger partial charge in [0.05, 0.1) is 23.3 Å². The number of carbonyl (C=O) groups excluding carboxylic acids is 1. The number of hydrogen-bond acceptors (Lipinski definition) is 5. The van der Waals surface area contributed by atoms with Crippen LogP contribution < -0.4 is 5.32 Å². The van der Waals surface area contributed by atoms with Gasteiger partial charge in [-0.3, -0.25) is 9.78 Å². The molecular weight excluding hydrogens is 395 g/mol. The van der Waals surface area contributed by atoms with Crippen LogP contribution in [0.1, 0.15) is 41.6 Å². The molecule has 1 aromatic carbocycles. The van der Waals surface area contributed by atoms with Crippen LogP contribution in [0.15, 0.2) is 30.6 Å². The van der Waals surface area contributed by atoms with Crippen LogP contribution in [0, 0.1) is 12.7 Å². The Morgan fingerprint density at radius 2 is 1.93 bits per heavy atom. The molecule has 2 heterocycles. The van der Waals surface area contributed by atoms with Gasteiger partial charge in [-0.15, -0.1) is 0 Å². The van der Waals surface area contributed by atoms with Crippen LogP contribution in [0.25, 0.3) is 22.2 Å². The lowest BCUT2D eigenvalue weighted by Crippen LogP contribution is -2.25. The van der Waals surface area contributed by atoms with E-state index in [1.807, 2.05) is 0 Å².